The van der Waals surface area contributed by atoms with E-state index in [0.717, 1.165) is 37.7 Å². The molecule has 1 aromatic carbocycles. The van der Waals surface area contributed by atoms with Crippen molar-refractivity contribution >= 4 is 52.0 Å². The van der Waals surface area contributed by atoms with Gasteiger partial charge < -0.3 is 44.3 Å². The second kappa shape index (κ2) is 20.0. The van der Waals surface area contributed by atoms with Crippen molar-refractivity contribution in [2.24, 2.45) is 45.8 Å². The lowest BCUT2D eigenvalue weighted by molar-refractivity contribution is -0.157. The zero-order chi connectivity index (χ0) is 50.3. The molecule has 69 heavy (non-hydrogen) atoms. The Kier molecular flexibility index (Phi) is 14.8. The number of esters is 2. The Hall–Kier alpha value is -5.68. The number of nitrogens with one attached hydrogen (secondary N) is 1. The van der Waals surface area contributed by atoms with Gasteiger partial charge in [0.1, 0.15) is 17.9 Å². The first kappa shape index (κ1) is 51.2. The number of carboxylic acid groups (broad SMARTS) is 2. The number of benzene rings is 1. The van der Waals surface area contributed by atoms with Crippen molar-refractivity contribution < 1.29 is 62.7 Å². The van der Waals surface area contributed by atoms with Gasteiger partial charge in [-0.15, -0.1) is 0 Å². The Labute approximate surface area is 400 Å². The molecule has 0 amide bonds. The van der Waals surface area contributed by atoms with E-state index >= 15 is 4.39 Å². The molecule has 0 radical (unpaired) electrons. The van der Waals surface area contributed by atoms with Crippen LogP contribution in [0.5, 0.6) is 5.75 Å². The van der Waals surface area contributed by atoms with Crippen LogP contribution in [-0.4, -0.2) is 107 Å². The fourth-order valence-corrected chi connectivity index (χ4v) is 12.5. The minimum absolute atomic E-state index is 0.00279. The maximum atomic E-state index is 15.9. The van der Waals surface area contributed by atoms with Crippen molar-refractivity contribution in [3.8, 4) is 5.75 Å². The van der Waals surface area contributed by atoms with Crippen molar-refractivity contribution in [2.45, 2.75) is 111 Å². The number of ether oxygens (including phenoxy) is 3. The average Bonchev–Trinajstić information content (AvgIpc) is 4.07. The number of methoxy groups -OCH3 is 1. The van der Waals surface area contributed by atoms with Crippen LogP contribution in [0.4, 0.5) is 10.1 Å². The van der Waals surface area contributed by atoms with Crippen molar-refractivity contribution in [1.82, 2.24) is 9.88 Å². The number of hydrogen-bond donors (Lipinski definition) is 4. The largest absolute Gasteiger partial charge is 0.492 e. The number of rotatable bonds is 14. The molecule has 16 nitrogen and oxygen atoms in total. The number of carbonyl (C=O) groups is 6. The lowest BCUT2D eigenvalue weighted by Crippen LogP contribution is -2.56. The number of aromatic nitrogens is 1. The van der Waals surface area contributed by atoms with Crippen LogP contribution in [0.15, 0.2) is 53.0 Å². The Bertz CT molecular complexity index is 2540. The van der Waals surface area contributed by atoms with E-state index in [-0.39, 0.29) is 89.1 Å². The van der Waals surface area contributed by atoms with Crippen LogP contribution in [0, 0.1) is 51.7 Å². The number of pyridine rings is 1. The third-order valence-electron chi connectivity index (χ3n) is 15.7. The van der Waals surface area contributed by atoms with Gasteiger partial charge in [-0.25, -0.2) is 18.8 Å². The molecule has 0 spiro atoms. The molecule has 4 N–H and O–H groups in total. The first-order chi connectivity index (χ1) is 32.5. The fraction of sp³-hybridized carbons (Fsp3) is 0.596. The van der Waals surface area contributed by atoms with Gasteiger partial charge in [0.25, 0.3) is 0 Å². The topological polar surface area (TPSA) is 228 Å². The smallest absolute Gasteiger partial charge is 0.343 e. The van der Waals surface area contributed by atoms with Crippen LogP contribution in [0.25, 0.3) is 10.9 Å². The maximum Gasteiger partial charge on any atom is 0.343 e. The molecule has 5 aliphatic carbocycles. The number of Topliss-reactive ketones (excluding diaryl/α,β-unsaturated/α-hetero) is 1. The highest BCUT2D eigenvalue weighted by Gasteiger charge is 2.62. The van der Waals surface area contributed by atoms with E-state index in [9.17, 15) is 38.7 Å². The molecule has 6 aliphatic rings. The average molecular weight is 960 g/mol. The number of carbonyl (C=O) groups excluding carboxylic acids is 4. The number of allylic oxidation sites excluding steroid dienone is 4. The number of piperazine rings is 1. The van der Waals surface area contributed by atoms with E-state index in [2.05, 4.69) is 19.2 Å². The number of carboxylic acids is 2. The van der Waals surface area contributed by atoms with Gasteiger partial charge >= 0.3 is 23.9 Å². The van der Waals surface area contributed by atoms with Gasteiger partial charge in [-0.1, -0.05) is 46.3 Å². The molecule has 374 valence electrons. The van der Waals surface area contributed by atoms with Crippen molar-refractivity contribution in [2.75, 3.05) is 44.9 Å². The number of ketones is 2. The Morgan fingerprint density at radius 2 is 1.72 bits per heavy atom. The Morgan fingerprint density at radius 3 is 2.36 bits per heavy atom. The summed E-state index contributed by atoms with van der Waals surface area (Å²) in [4.78, 5) is 87.9. The molecule has 1 aromatic heterocycles. The molecule has 1 saturated heterocycles. The van der Waals surface area contributed by atoms with Gasteiger partial charge in [0.05, 0.1) is 36.6 Å². The van der Waals surface area contributed by atoms with Crippen molar-refractivity contribution in [1.29, 1.82) is 0 Å². The zero-order valence-corrected chi connectivity index (χ0v) is 40.5. The van der Waals surface area contributed by atoms with Crippen LogP contribution in [0.2, 0.25) is 0 Å². The SMILES string of the molecule is COc1c(N2CCNC(C)C2)c(F)cc2c(=O)c(C(=O)OCC(C)(C)CC(C)C(=O)OCC(=O)C3CCC4C5CCC6=CC(=O)C=CC6(C)C5C(O)CC34C)cn(C3CC3)c12.O=C(O)/C=C/C(=O)O. The number of fused-ring (bicyclic) bond motifs is 6. The lowest BCUT2D eigenvalue weighted by atomic mass is 9.46. The summed E-state index contributed by atoms with van der Waals surface area (Å²) in [5, 5.41) is 30.7. The number of aliphatic hydroxyl groups excluding tert-OH is 1. The summed E-state index contributed by atoms with van der Waals surface area (Å²) in [6.45, 7) is 13.1. The van der Waals surface area contributed by atoms with Gasteiger partial charge in [-0.05, 0) is 99.2 Å². The molecular formula is C52H66FN3O13. The molecule has 4 saturated carbocycles. The Morgan fingerprint density at radius 1 is 1.03 bits per heavy atom. The van der Waals surface area contributed by atoms with Crippen LogP contribution in [-0.2, 0) is 33.4 Å². The lowest BCUT2D eigenvalue weighted by Gasteiger charge is -2.58. The van der Waals surface area contributed by atoms with Crippen LogP contribution in [0.1, 0.15) is 109 Å². The summed E-state index contributed by atoms with van der Waals surface area (Å²) in [5.41, 5.74) is -0.495. The summed E-state index contributed by atoms with van der Waals surface area (Å²) in [6, 6.07) is 1.37. The second-order valence-electron chi connectivity index (χ2n) is 21.3. The molecular weight excluding hydrogens is 894 g/mol. The molecule has 2 aromatic rings. The van der Waals surface area contributed by atoms with Crippen LogP contribution in [0.3, 0.4) is 0 Å². The molecule has 8 rings (SSSR count). The van der Waals surface area contributed by atoms with E-state index in [1.807, 2.05) is 36.3 Å². The minimum atomic E-state index is -1.26. The van der Waals surface area contributed by atoms with E-state index < -0.39 is 58.0 Å². The summed E-state index contributed by atoms with van der Waals surface area (Å²) >= 11 is 0. The Balaban J connectivity index is 0.000000808. The zero-order valence-electron chi connectivity index (χ0n) is 40.5. The van der Waals surface area contributed by atoms with Crippen LogP contribution >= 0.6 is 0 Å². The van der Waals surface area contributed by atoms with E-state index in [0.29, 0.717) is 55.8 Å². The van der Waals surface area contributed by atoms with Gasteiger partial charge in [0.15, 0.2) is 23.1 Å². The predicted molar refractivity (Wildman–Crippen MR) is 252 cm³/mol. The van der Waals surface area contributed by atoms with Gasteiger partial charge in [0.2, 0.25) is 5.43 Å². The second-order valence-corrected chi connectivity index (χ2v) is 21.3. The normalized spacial score (nSPS) is 28.9. The quantitative estimate of drug-likeness (QED) is 0.122. The molecule has 5 fully saturated rings. The summed E-state index contributed by atoms with van der Waals surface area (Å²) in [7, 11) is 1.47. The summed E-state index contributed by atoms with van der Waals surface area (Å²) < 4.78 is 35.0. The summed E-state index contributed by atoms with van der Waals surface area (Å²) in [6.07, 6.45) is 13.0. The number of aliphatic hydroxyl groups is 1. The molecule has 0 bridgehead atoms. The van der Waals surface area contributed by atoms with Crippen molar-refractivity contribution in [3.63, 3.8) is 0 Å². The monoisotopic (exact) mass is 959 g/mol. The predicted octanol–water partition coefficient (Wildman–Crippen LogP) is 6.21. The number of nitrogens with zero attached hydrogens (tertiary/aromatic N) is 2. The number of halogens is 1. The highest BCUT2D eigenvalue weighted by molar-refractivity contribution is 6.01. The highest BCUT2D eigenvalue weighted by atomic mass is 19.1. The van der Waals surface area contributed by atoms with E-state index in [1.54, 1.807) is 19.1 Å². The first-order valence-corrected chi connectivity index (χ1v) is 24.1. The first-order valence-electron chi connectivity index (χ1n) is 24.1. The van der Waals surface area contributed by atoms with E-state index in [4.69, 9.17) is 24.4 Å². The number of hydrogen-bond acceptors (Lipinski definition) is 13. The van der Waals surface area contributed by atoms with Crippen molar-refractivity contribution in [3.05, 3.63) is 69.8 Å². The maximum absolute atomic E-state index is 15.9. The summed E-state index contributed by atoms with van der Waals surface area (Å²) in [5.74, 6) is -4.85. The third kappa shape index (κ3) is 10.4. The van der Waals surface area contributed by atoms with Crippen LogP contribution < -0.4 is 20.4 Å². The molecule has 1 aliphatic heterocycles. The molecule has 17 heteroatoms. The molecule has 9 unspecified atom stereocenters. The minimum Gasteiger partial charge on any atom is -0.492 e. The fourth-order valence-electron chi connectivity index (χ4n) is 12.5. The van der Waals surface area contributed by atoms with Gasteiger partial charge in [-0.3, -0.25) is 19.2 Å². The van der Waals surface area contributed by atoms with Gasteiger partial charge in [-0.2, -0.15) is 0 Å². The third-order valence-corrected chi connectivity index (χ3v) is 15.7. The number of anilines is 1. The standard InChI is InChI=1S/C48H62FN3O9.C4H4O4/c1-26(44(57)60-24-38(55)35-13-12-34-31-11-8-28-18-30(53)14-15-47(28,5)39(31)37(54)21-48(34,35)6)20-46(3,4)25-61-45(58)33-23-52(29-9-10-29)40-32(42(33)56)19-36(49)41(43(40)59-7)51-17-16-50-27(2)22-51;5-3(6)1-2-4(7)8/h14-15,18-19,23,26-27,29,31,34-35,37,39,50,54H,8-13,16-17,20-22,24-25H2,1-7H3;1-2H,(H,5,6)(H,7,8)/b;2-1+. The molecule has 9 atom stereocenters. The highest BCUT2D eigenvalue weighted by Crippen LogP contribution is 2.66. The molecule has 2 heterocycles. The van der Waals surface area contributed by atoms with E-state index in [1.165, 1.54) is 19.4 Å². The van der Waals surface area contributed by atoms with Gasteiger partial charge in [0, 0.05) is 67.3 Å². The number of aliphatic carboxylic acids is 2.